The zero-order chi connectivity index (χ0) is 15.9. The molecule has 6 nitrogen and oxygen atoms in total. The third-order valence-electron chi connectivity index (χ3n) is 3.48. The van der Waals surface area contributed by atoms with Crippen LogP contribution in [0.15, 0.2) is 35.3 Å². The van der Waals surface area contributed by atoms with Crippen molar-refractivity contribution in [3.8, 4) is 11.3 Å². The summed E-state index contributed by atoms with van der Waals surface area (Å²) in [5.41, 5.74) is 2.69. The second-order valence-electron chi connectivity index (χ2n) is 5.02. The number of nitrogens with zero attached hydrogens (tertiary/aromatic N) is 2. The molecule has 6 heteroatoms. The number of pyridine rings is 3. The van der Waals surface area contributed by atoms with Gasteiger partial charge in [0.05, 0.1) is 11.2 Å². The number of carboxylic acid groups (broad SMARTS) is 1. The van der Waals surface area contributed by atoms with E-state index < -0.39 is 11.5 Å². The molecule has 3 aromatic heterocycles. The van der Waals surface area contributed by atoms with Gasteiger partial charge < -0.3 is 10.1 Å². The van der Waals surface area contributed by atoms with E-state index in [2.05, 4.69) is 15.0 Å². The van der Waals surface area contributed by atoms with Gasteiger partial charge in [-0.1, -0.05) is 0 Å². The molecule has 22 heavy (non-hydrogen) atoms. The van der Waals surface area contributed by atoms with Gasteiger partial charge in [-0.05, 0) is 38.1 Å². The van der Waals surface area contributed by atoms with Crippen molar-refractivity contribution in [1.29, 1.82) is 0 Å². The maximum Gasteiger partial charge on any atom is 0.341 e. The minimum atomic E-state index is -1.27. The van der Waals surface area contributed by atoms with Crippen LogP contribution >= 0.6 is 0 Å². The molecular weight excluding hydrogens is 282 g/mol. The Balaban J connectivity index is 2.37. The largest absolute Gasteiger partial charge is 0.477 e. The van der Waals surface area contributed by atoms with Gasteiger partial charge in [-0.25, -0.2) is 4.79 Å². The maximum atomic E-state index is 11.8. The Kier molecular flexibility index (Phi) is 3.21. The van der Waals surface area contributed by atoms with Gasteiger partial charge in [-0.2, -0.15) is 0 Å². The molecule has 0 unspecified atom stereocenters. The number of nitrogens with one attached hydrogen (secondary N) is 1. The average Bonchev–Trinajstić information content (AvgIpc) is 2.45. The number of aromatic carboxylic acids is 1. The summed E-state index contributed by atoms with van der Waals surface area (Å²) in [6.45, 7) is 3.76. The molecule has 110 valence electrons. The molecule has 0 fully saturated rings. The lowest BCUT2D eigenvalue weighted by Crippen LogP contribution is -2.17. The van der Waals surface area contributed by atoms with Gasteiger partial charge in [0.1, 0.15) is 5.56 Å². The summed E-state index contributed by atoms with van der Waals surface area (Å²) in [6.07, 6.45) is 1.58. The van der Waals surface area contributed by atoms with E-state index in [0.29, 0.717) is 16.6 Å². The van der Waals surface area contributed by atoms with E-state index in [-0.39, 0.29) is 5.56 Å². The molecule has 0 aliphatic carbocycles. The summed E-state index contributed by atoms with van der Waals surface area (Å²) < 4.78 is 0. The van der Waals surface area contributed by atoms with Crippen molar-refractivity contribution in [2.45, 2.75) is 13.8 Å². The van der Waals surface area contributed by atoms with E-state index in [1.54, 1.807) is 12.3 Å². The number of carboxylic acids is 1. The first-order chi connectivity index (χ1) is 10.5. The fraction of sp³-hybridized carbons (Fsp3) is 0.125. The number of aromatic nitrogens is 3. The predicted molar refractivity (Wildman–Crippen MR) is 82.0 cm³/mol. The van der Waals surface area contributed by atoms with Crippen molar-refractivity contribution in [3.05, 3.63) is 57.8 Å². The highest BCUT2D eigenvalue weighted by Gasteiger charge is 2.14. The van der Waals surface area contributed by atoms with Gasteiger partial charge in [0.25, 0.3) is 5.56 Å². The smallest absolute Gasteiger partial charge is 0.341 e. The van der Waals surface area contributed by atoms with Crippen molar-refractivity contribution in [1.82, 2.24) is 15.0 Å². The van der Waals surface area contributed by atoms with Crippen LogP contribution in [0.3, 0.4) is 0 Å². The van der Waals surface area contributed by atoms with E-state index in [1.807, 2.05) is 26.0 Å². The number of rotatable bonds is 2. The van der Waals surface area contributed by atoms with Crippen LogP contribution in [0, 0.1) is 13.8 Å². The molecule has 2 N–H and O–H groups in total. The van der Waals surface area contributed by atoms with Crippen molar-refractivity contribution in [3.63, 3.8) is 0 Å². The third kappa shape index (κ3) is 2.24. The highest BCUT2D eigenvalue weighted by molar-refractivity contribution is 5.98. The van der Waals surface area contributed by atoms with Gasteiger partial charge in [0, 0.05) is 28.5 Å². The van der Waals surface area contributed by atoms with Crippen LogP contribution in [0.5, 0.6) is 0 Å². The molecule has 0 radical (unpaired) electrons. The van der Waals surface area contributed by atoms with Crippen LogP contribution in [0.2, 0.25) is 0 Å². The number of hydrogen-bond donors (Lipinski definition) is 2. The van der Waals surface area contributed by atoms with E-state index >= 15 is 0 Å². The molecule has 3 aromatic rings. The first-order valence-electron chi connectivity index (χ1n) is 6.67. The molecule has 0 aliphatic rings. The zero-order valence-electron chi connectivity index (χ0n) is 12.0. The summed E-state index contributed by atoms with van der Waals surface area (Å²) in [5.74, 6) is -1.27. The molecule has 3 rings (SSSR count). The average molecular weight is 295 g/mol. The fourth-order valence-corrected chi connectivity index (χ4v) is 2.44. The lowest BCUT2D eigenvalue weighted by atomic mass is 10.0. The highest BCUT2D eigenvalue weighted by Crippen LogP contribution is 2.27. The third-order valence-corrected chi connectivity index (χ3v) is 3.48. The number of hydrogen-bond acceptors (Lipinski definition) is 4. The second-order valence-corrected chi connectivity index (χ2v) is 5.02. The zero-order valence-corrected chi connectivity index (χ0v) is 12.0. The van der Waals surface area contributed by atoms with Gasteiger partial charge >= 0.3 is 5.97 Å². The molecule has 0 saturated carbocycles. The Morgan fingerprint density at radius 2 is 2.00 bits per heavy atom. The number of aromatic amines is 1. The van der Waals surface area contributed by atoms with Gasteiger partial charge in [-0.3, -0.25) is 14.8 Å². The van der Waals surface area contributed by atoms with Crippen LogP contribution in [-0.4, -0.2) is 26.0 Å². The molecule has 3 heterocycles. The van der Waals surface area contributed by atoms with Crippen LogP contribution in [0.25, 0.3) is 22.2 Å². The summed E-state index contributed by atoms with van der Waals surface area (Å²) in [7, 11) is 0. The normalized spacial score (nSPS) is 10.8. The standard InChI is InChI=1S/C16H13N3O3/c1-8-3-4-10(9(2)18-8)14-11-7-12(16(21)22)15(20)19-13(11)5-6-17-14/h3-7H,1-2H3,(H,19,20)(H,21,22). The first kappa shape index (κ1) is 13.9. The minimum absolute atomic E-state index is 0.306. The molecular formula is C16H13N3O3. The molecule has 0 bridgehead atoms. The van der Waals surface area contributed by atoms with Crippen LogP contribution in [0.4, 0.5) is 0 Å². The van der Waals surface area contributed by atoms with E-state index in [4.69, 9.17) is 5.11 Å². The van der Waals surface area contributed by atoms with Crippen molar-refractivity contribution in [2.24, 2.45) is 0 Å². The van der Waals surface area contributed by atoms with Gasteiger partial charge in [-0.15, -0.1) is 0 Å². The lowest BCUT2D eigenvalue weighted by molar-refractivity contribution is 0.0695. The number of fused-ring (bicyclic) bond motifs is 1. The molecule has 0 atom stereocenters. The minimum Gasteiger partial charge on any atom is -0.477 e. The van der Waals surface area contributed by atoms with Crippen molar-refractivity contribution in [2.75, 3.05) is 0 Å². The SMILES string of the molecule is Cc1ccc(-c2nccc3[nH]c(=O)c(C(=O)O)cc23)c(C)n1. The van der Waals surface area contributed by atoms with E-state index in [0.717, 1.165) is 17.0 Å². The molecule has 0 aromatic carbocycles. The van der Waals surface area contributed by atoms with Crippen molar-refractivity contribution < 1.29 is 9.90 Å². The predicted octanol–water partition coefficient (Wildman–Crippen LogP) is 2.30. The molecule has 0 spiro atoms. The number of carbonyl (C=O) groups is 1. The molecule has 0 aliphatic heterocycles. The monoisotopic (exact) mass is 295 g/mol. The topological polar surface area (TPSA) is 95.9 Å². The van der Waals surface area contributed by atoms with Crippen molar-refractivity contribution >= 4 is 16.9 Å². The molecule has 0 saturated heterocycles. The summed E-state index contributed by atoms with van der Waals surface area (Å²) >= 11 is 0. The first-order valence-corrected chi connectivity index (χ1v) is 6.67. The maximum absolute atomic E-state index is 11.8. The number of aryl methyl sites for hydroxylation is 2. The molecule has 0 amide bonds. The lowest BCUT2D eigenvalue weighted by Gasteiger charge is -2.09. The Bertz CT molecular complexity index is 960. The Morgan fingerprint density at radius 1 is 1.23 bits per heavy atom. The Hall–Kier alpha value is -3.02. The van der Waals surface area contributed by atoms with Gasteiger partial charge in [0.15, 0.2) is 0 Å². The number of H-pyrrole nitrogens is 1. The Morgan fingerprint density at radius 3 is 2.68 bits per heavy atom. The van der Waals surface area contributed by atoms with Crippen LogP contribution in [-0.2, 0) is 0 Å². The summed E-state index contributed by atoms with van der Waals surface area (Å²) in [6, 6.07) is 6.76. The Labute approximate surface area is 125 Å². The van der Waals surface area contributed by atoms with Crippen LogP contribution < -0.4 is 5.56 Å². The van der Waals surface area contributed by atoms with E-state index in [9.17, 15) is 9.59 Å². The summed E-state index contributed by atoms with van der Waals surface area (Å²) in [5, 5.41) is 9.70. The van der Waals surface area contributed by atoms with Gasteiger partial charge in [0.2, 0.25) is 0 Å². The van der Waals surface area contributed by atoms with E-state index in [1.165, 1.54) is 6.07 Å². The van der Waals surface area contributed by atoms with Crippen LogP contribution in [0.1, 0.15) is 21.7 Å². The second kappa shape index (κ2) is 5.07. The highest BCUT2D eigenvalue weighted by atomic mass is 16.4. The summed E-state index contributed by atoms with van der Waals surface area (Å²) in [4.78, 5) is 34.3. The quantitative estimate of drug-likeness (QED) is 0.756. The fourth-order valence-electron chi connectivity index (χ4n) is 2.44.